The van der Waals surface area contributed by atoms with Gasteiger partial charge in [0, 0.05) is 25.1 Å². The summed E-state index contributed by atoms with van der Waals surface area (Å²) in [5, 5.41) is 7.20. The summed E-state index contributed by atoms with van der Waals surface area (Å²) >= 11 is 5.75. The molecule has 1 heterocycles. The Kier molecular flexibility index (Phi) is 5.67. The minimum atomic E-state index is -0.476. The molecular weight excluding hydrogens is 297 g/mol. The molecule has 21 heavy (non-hydrogen) atoms. The van der Waals surface area contributed by atoms with Crippen LogP contribution >= 0.6 is 11.6 Å². The summed E-state index contributed by atoms with van der Waals surface area (Å²) in [6.07, 6.45) is 0.559. The van der Waals surface area contributed by atoms with Gasteiger partial charge in [-0.05, 0) is 24.7 Å². The van der Waals surface area contributed by atoms with Crippen molar-refractivity contribution in [2.45, 2.75) is 19.4 Å². The molecule has 0 aliphatic heterocycles. The Labute approximate surface area is 127 Å². The summed E-state index contributed by atoms with van der Waals surface area (Å²) in [7, 11) is 1.64. The number of hydrogen-bond acceptors (Lipinski definition) is 5. The topological polar surface area (TPSA) is 60.2 Å². The van der Waals surface area contributed by atoms with Gasteiger partial charge in [0.1, 0.15) is 5.82 Å². The van der Waals surface area contributed by atoms with E-state index >= 15 is 0 Å². The molecule has 0 fully saturated rings. The maximum absolute atomic E-state index is 13.1. The fourth-order valence-corrected chi connectivity index (χ4v) is 2.16. The van der Waals surface area contributed by atoms with Gasteiger partial charge < -0.3 is 14.6 Å². The van der Waals surface area contributed by atoms with Gasteiger partial charge in [-0.1, -0.05) is 23.7 Å². The minimum absolute atomic E-state index is 0.0313. The van der Waals surface area contributed by atoms with Crippen LogP contribution in [0.3, 0.4) is 0 Å². The Bertz CT molecular complexity index is 585. The van der Waals surface area contributed by atoms with Crippen LogP contribution in [-0.2, 0) is 11.2 Å². The molecule has 1 N–H and O–H groups in total. The van der Waals surface area contributed by atoms with Crippen molar-refractivity contribution in [1.82, 2.24) is 15.5 Å². The van der Waals surface area contributed by atoms with E-state index in [-0.39, 0.29) is 11.1 Å². The maximum Gasteiger partial charge on any atom is 0.228 e. The van der Waals surface area contributed by atoms with E-state index < -0.39 is 5.82 Å². The normalized spacial score (nSPS) is 12.6. The zero-order valence-corrected chi connectivity index (χ0v) is 12.7. The highest BCUT2D eigenvalue weighted by atomic mass is 35.5. The van der Waals surface area contributed by atoms with Crippen LogP contribution < -0.4 is 5.32 Å². The third-order valence-electron chi connectivity index (χ3n) is 2.93. The number of nitrogens with zero attached hydrogens (tertiary/aromatic N) is 2. The summed E-state index contributed by atoms with van der Waals surface area (Å²) in [6, 6.07) is 4.42. The molecule has 0 saturated heterocycles. The third kappa shape index (κ3) is 4.23. The number of hydrogen-bond donors (Lipinski definition) is 1. The van der Waals surface area contributed by atoms with E-state index in [0.717, 1.165) is 6.54 Å². The maximum atomic E-state index is 13.1. The molecule has 114 valence electrons. The number of rotatable bonds is 7. The average molecular weight is 314 g/mol. The predicted octanol–water partition coefficient (Wildman–Crippen LogP) is 2.70. The van der Waals surface area contributed by atoms with Crippen LogP contribution in [0, 0.1) is 5.82 Å². The molecule has 2 rings (SSSR count). The molecular formula is C14H17ClFN3O2. The highest BCUT2D eigenvalue weighted by molar-refractivity contribution is 6.31. The Morgan fingerprint density at radius 3 is 2.95 bits per heavy atom. The van der Waals surface area contributed by atoms with Crippen LogP contribution in [0.1, 0.15) is 12.8 Å². The Morgan fingerprint density at radius 2 is 2.29 bits per heavy atom. The first-order valence-electron chi connectivity index (χ1n) is 6.64. The van der Waals surface area contributed by atoms with Gasteiger partial charge >= 0.3 is 0 Å². The number of methoxy groups -OCH3 is 1. The summed E-state index contributed by atoms with van der Waals surface area (Å²) in [5.41, 5.74) is 0.614. The fraction of sp³-hybridized carbons (Fsp3) is 0.429. The second-order valence-corrected chi connectivity index (χ2v) is 4.96. The Morgan fingerprint density at radius 1 is 1.48 bits per heavy atom. The Hall–Kier alpha value is -1.50. The van der Waals surface area contributed by atoms with Gasteiger partial charge in [0.25, 0.3) is 0 Å². The van der Waals surface area contributed by atoms with Crippen LogP contribution in [-0.4, -0.2) is 36.4 Å². The van der Waals surface area contributed by atoms with Gasteiger partial charge in [0.2, 0.25) is 11.7 Å². The molecule has 7 heteroatoms. The van der Waals surface area contributed by atoms with E-state index in [1.54, 1.807) is 13.2 Å². The lowest BCUT2D eigenvalue weighted by molar-refractivity contribution is 0.162. The quantitative estimate of drug-likeness (QED) is 0.851. The molecule has 0 aliphatic carbocycles. The fourth-order valence-electron chi connectivity index (χ4n) is 1.98. The van der Waals surface area contributed by atoms with Crippen LogP contribution in [0.5, 0.6) is 0 Å². The van der Waals surface area contributed by atoms with E-state index in [0.29, 0.717) is 30.3 Å². The van der Waals surface area contributed by atoms with Gasteiger partial charge in [0.15, 0.2) is 0 Å². The number of ether oxygens (including phenoxy) is 1. The van der Waals surface area contributed by atoms with E-state index in [2.05, 4.69) is 15.5 Å². The minimum Gasteiger partial charge on any atom is -0.383 e. The summed E-state index contributed by atoms with van der Waals surface area (Å²) in [5.74, 6) is 0.407. The lowest BCUT2D eigenvalue weighted by Gasteiger charge is -2.14. The first-order valence-corrected chi connectivity index (χ1v) is 7.02. The van der Waals surface area contributed by atoms with Crippen molar-refractivity contribution in [3.05, 3.63) is 34.9 Å². The van der Waals surface area contributed by atoms with Crippen molar-refractivity contribution in [1.29, 1.82) is 0 Å². The lowest BCUT2D eigenvalue weighted by atomic mass is 10.2. The van der Waals surface area contributed by atoms with Crippen molar-refractivity contribution in [2.24, 2.45) is 0 Å². The lowest BCUT2D eigenvalue weighted by Crippen LogP contribution is -2.35. The van der Waals surface area contributed by atoms with E-state index in [4.69, 9.17) is 20.9 Å². The molecule has 1 atom stereocenters. The van der Waals surface area contributed by atoms with Gasteiger partial charge in [-0.3, -0.25) is 0 Å². The van der Waals surface area contributed by atoms with Crippen LogP contribution in [0.15, 0.2) is 22.7 Å². The molecule has 0 amide bonds. The molecule has 0 bridgehead atoms. The van der Waals surface area contributed by atoms with Gasteiger partial charge in [-0.25, -0.2) is 4.39 Å². The summed E-state index contributed by atoms with van der Waals surface area (Å²) in [6.45, 7) is 3.39. The SMILES string of the molecule is CCNC(COC)Cc1nc(-c2ccc(F)c(Cl)c2)no1. The van der Waals surface area contributed by atoms with Crippen molar-refractivity contribution in [2.75, 3.05) is 20.3 Å². The predicted molar refractivity (Wildman–Crippen MR) is 77.7 cm³/mol. The smallest absolute Gasteiger partial charge is 0.228 e. The molecule has 1 aromatic heterocycles. The van der Waals surface area contributed by atoms with Crippen LogP contribution in [0.4, 0.5) is 4.39 Å². The second kappa shape index (κ2) is 7.49. The molecule has 0 spiro atoms. The summed E-state index contributed by atoms with van der Waals surface area (Å²) in [4.78, 5) is 4.30. The third-order valence-corrected chi connectivity index (χ3v) is 3.22. The molecule has 1 aromatic carbocycles. The van der Waals surface area contributed by atoms with Crippen molar-refractivity contribution in [3.63, 3.8) is 0 Å². The number of nitrogens with one attached hydrogen (secondary N) is 1. The van der Waals surface area contributed by atoms with Crippen LogP contribution in [0.25, 0.3) is 11.4 Å². The molecule has 0 saturated carbocycles. The number of halogens is 2. The average Bonchev–Trinajstić information content (AvgIpc) is 2.91. The first-order chi connectivity index (χ1) is 10.1. The first kappa shape index (κ1) is 15.9. The summed E-state index contributed by atoms with van der Waals surface area (Å²) < 4.78 is 23.5. The highest BCUT2D eigenvalue weighted by Gasteiger charge is 2.15. The monoisotopic (exact) mass is 313 g/mol. The highest BCUT2D eigenvalue weighted by Crippen LogP contribution is 2.22. The van der Waals surface area contributed by atoms with E-state index in [9.17, 15) is 4.39 Å². The number of aromatic nitrogens is 2. The largest absolute Gasteiger partial charge is 0.383 e. The molecule has 0 radical (unpaired) electrons. The molecule has 1 unspecified atom stereocenters. The van der Waals surface area contributed by atoms with E-state index in [1.807, 2.05) is 6.92 Å². The second-order valence-electron chi connectivity index (χ2n) is 4.55. The molecule has 2 aromatic rings. The number of likely N-dealkylation sites (N-methyl/N-ethyl adjacent to an activating group) is 1. The van der Waals surface area contributed by atoms with Gasteiger partial charge in [0.05, 0.1) is 11.6 Å². The van der Waals surface area contributed by atoms with Crippen molar-refractivity contribution in [3.8, 4) is 11.4 Å². The van der Waals surface area contributed by atoms with Crippen molar-refractivity contribution < 1.29 is 13.7 Å². The van der Waals surface area contributed by atoms with Gasteiger partial charge in [-0.15, -0.1) is 0 Å². The molecule has 5 nitrogen and oxygen atoms in total. The number of benzene rings is 1. The molecule has 0 aliphatic rings. The zero-order chi connectivity index (χ0) is 15.2. The standard InChI is InChI=1S/C14H17ClFN3O2/c1-3-17-10(8-20-2)7-13-18-14(19-21-13)9-4-5-12(16)11(15)6-9/h4-6,10,17H,3,7-8H2,1-2H3. The van der Waals surface area contributed by atoms with Crippen LogP contribution in [0.2, 0.25) is 5.02 Å². The van der Waals surface area contributed by atoms with E-state index in [1.165, 1.54) is 12.1 Å². The van der Waals surface area contributed by atoms with Gasteiger partial charge in [-0.2, -0.15) is 4.98 Å². The Balaban J connectivity index is 2.11. The zero-order valence-electron chi connectivity index (χ0n) is 11.9. The van der Waals surface area contributed by atoms with Crippen molar-refractivity contribution >= 4 is 11.6 Å².